The van der Waals surface area contributed by atoms with Gasteiger partial charge in [0.1, 0.15) is 0 Å². The fourth-order valence-electron chi connectivity index (χ4n) is 0.700. The lowest BCUT2D eigenvalue weighted by Gasteiger charge is -1.98. The molecule has 0 spiro atoms. The standard InChI is InChI=1S/C7H8N2O2S2/c1-2-12-13-7-6(9(10)11)4-3-5-8-7/h3-5H,2H2,1H3. The van der Waals surface area contributed by atoms with Crippen LogP contribution in [-0.2, 0) is 0 Å². The SMILES string of the molecule is CCSSc1ncccc1[N+](=O)[O-]. The molecule has 0 aliphatic rings. The number of pyridine rings is 1. The Balaban J connectivity index is 2.84. The van der Waals surface area contributed by atoms with Crippen LogP contribution in [0.2, 0.25) is 0 Å². The van der Waals surface area contributed by atoms with Crippen LogP contribution in [0.25, 0.3) is 0 Å². The molecule has 0 aromatic carbocycles. The van der Waals surface area contributed by atoms with Crippen LogP contribution in [0.3, 0.4) is 0 Å². The van der Waals surface area contributed by atoms with E-state index >= 15 is 0 Å². The minimum absolute atomic E-state index is 0.0773. The second-order valence-corrected chi connectivity index (χ2v) is 4.65. The van der Waals surface area contributed by atoms with Gasteiger partial charge in [0.05, 0.1) is 4.92 Å². The normalized spacial score (nSPS) is 9.92. The van der Waals surface area contributed by atoms with Gasteiger partial charge in [0, 0.05) is 18.0 Å². The van der Waals surface area contributed by atoms with E-state index in [1.54, 1.807) is 23.1 Å². The highest BCUT2D eigenvalue weighted by Crippen LogP contribution is 2.34. The number of aromatic nitrogens is 1. The highest BCUT2D eigenvalue weighted by atomic mass is 33.1. The molecule has 0 atom stereocenters. The van der Waals surface area contributed by atoms with Gasteiger partial charge in [0.2, 0.25) is 0 Å². The van der Waals surface area contributed by atoms with Crippen molar-refractivity contribution in [2.45, 2.75) is 11.9 Å². The number of nitrogens with zero attached hydrogens (tertiary/aromatic N) is 2. The van der Waals surface area contributed by atoms with Crippen LogP contribution in [0.1, 0.15) is 6.92 Å². The van der Waals surface area contributed by atoms with Crippen LogP contribution in [0.15, 0.2) is 23.4 Å². The van der Waals surface area contributed by atoms with E-state index in [2.05, 4.69) is 4.98 Å². The quantitative estimate of drug-likeness (QED) is 0.440. The summed E-state index contributed by atoms with van der Waals surface area (Å²) in [6.45, 7) is 1.99. The van der Waals surface area contributed by atoms with E-state index in [-0.39, 0.29) is 5.69 Å². The molecule has 0 N–H and O–H groups in total. The molecule has 0 saturated carbocycles. The fourth-order valence-corrected chi connectivity index (χ4v) is 2.34. The third-order valence-electron chi connectivity index (χ3n) is 1.20. The van der Waals surface area contributed by atoms with Crippen LogP contribution >= 0.6 is 21.6 Å². The topological polar surface area (TPSA) is 56.0 Å². The molecule has 1 heterocycles. The van der Waals surface area contributed by atoms with Gasteiger partial charge in [-0.05, 0) is 16.9 Å². The molecule has 0 aliphatic heterocycles. The summed E-state index contributed by atoms with van der Waals surface area (Å²) in [5.74, 6) is 0.901. The molecule has 1 rings (SSSR count). The van der Waals surface area contributed by atoms with E-state index in [0.29, 0.717) is 5.03 Å². The zero-order chi connectivity index (χ0) is 9.68. The average molecular weight is 216 g/mol. The zero-order valence-corrected chi connectivity index (χ0v) is 8.60. The Bertz CT molecular complexity index is 306. The molecule has 0 radical (unpaired) electrons. The summed E-state index contributed by atoms with van der Waals surface area (Å²) in [7, 11) is 2.88. The van der Waals surface area contributed by atoms with Gasteiger partial charge in [-0.15, -0.1) is 0 Å². The maximum Gasteiger partial charge on any atom is 0.302 e. The van der Waals surface area contributed by atoms with Gasteiger partial charge in [0.25, 0.3) is 0 Å². The van der Waals surface area contributed by atoms with E-state index in [9.17, 15) is 10.1 Å². The van der Waals surface area contributed by atoms with Crippen molar-refractivity contribution < 1.29 is 4.92 Å². The Morgan fingerprint density at radius 2 is 2.46 bits per heavy atom. The number of hydrogen-bond acceptors (Lipinski definition) is 5. The molecule has 0 amide bonds. The summed E-state index contributed by atoms with van der Waals surface area (Å²) in [5.41, 5.74) is 0.0773. The van der Waals surface area contributed by atoms with Gasteiger partial charge < -0.3 is 0 Å². The maximum absolute atomic E-state index is 10.5. The van der Waals surface area contributed by atoms with Crippen molar-refractivity contribution in [3.05, 3.63) is 28.4 Å². The van der Waals surface area contributed by atoms with Gasteiger partial charge in [-0.2, -0.15) is 0 Å². The molecule has 70 valence electrons. The molecule has 1 aromatic heterocycles. The summed E-state index contributed by atoms with van der Waals surface area (Å²) in [6.07, 6.45) is 1.56. The van der Waals surface area contributed by atoms with Gasteiger partial charge in [0.15, 0.2) is 5.03 Å². The van der Waals surface area contributed by atoms with Crippen molar-refractivity contribution in [2.75, 3.05) is 5.75 Å². The third-order valence-corrected chi connectivity index (χ3v) is 3.56. The molecular formula is C7H8N2O2S2. The number of nitro groups is 1. The summed E-state index contributed by atoms with van der Waals surface area (Å²) >= 11 is 0. The van der Waals surface area contributed by atoms with Crippen molar-refractivity contribution in [1.29, 1.82) is 0 Å². The Hall–Kier alpha value is -0.750. The van der Waals surface area contributed by atoms with Gasteiger partial charge in [-0.25, -0.2) is 4.98 Å². The van der Waals surface area contributed by atoms with E-state index in [1.165, 1.54) is 16.9 Å². The Kier molecular flexibility index (Phi) is 4.04. The summed E-state index contributed by atoms with van der Waals surface area (Å²) < 4.78 is 0. The smallest absolute Gasteiger partial charge is 0.258 e. The molecule has 0 fully saturated rings. The lowest BCUT2D eigenvalue weighted by Crippen LogP contribution is -1.91. The molecule has 0 unspecified atom stereocenters. The highest BCUT2D eigenvalue weighted by molar-refractivity contribution is 8.76. The highest BCUT2D eigenvalue weighted by Gasteiger charge is 2.13. The van der Waals surface area contributed by atoms with Gasteiger partial charge >= 0.3 is 5.69 Å². The Morgan fingerprint density at radius 1 is 1.69 bits per heavy atom. The predicted octanol–water partition coefficient (Wildman–Crippen LogP) is 2.75. The van der Waals surface area contributed by atoms with Gasteiger partial charge in [-0.3, -0.25) is 10.1 Å². The summed E-state index contributed by atoms with van der Waals surface area (Å²) in [6, 6.07) is 3.03. The second kappa shape index (κ2) is 5.08. The van der Waals surface area contributed by atoms with Crippen LogP contribution in [0.5, 0.6) is 0 Å². The van der Waals surface area contributed by atoms with Crippen LogP contribution < -0.4 is 0 Å². The van der Waals surface area contributed by atoms with Crippen LogP contribution in [-0.4, -0.2) is 15.7 Å². The molecule has 1 aromatic rings. The molecule has 4 nitrogen and oxygen atoms in total. The minimum atomic E-state index is -0.411. The van der Waals surface area contributed by atoms with Crippen molar-refractivity contribution >= 4 is 27.3 Å². The lowest BCUT2D eigenvalue weighted by atomic mass is 10.4. The fraction of sp³-hybridized carbons (Fsp3) is 0.286. The van der Waals surface area contributed by atoms with E-state index in [1.807, 2.05) is 6.92 Å². The zero-order valence-electron chi connectivity index (χ0n) is 6.97. The van der Waals surface area contributed by atoms with Crippen molar-refractivity contribution in [3.8, 4) is 0 Å². The molecule has 0 bridgehead atoms. The Labute approximate surface area is 83.7 Å². The first-order valence-corrected chi connectivity index (χ1v) is 5.96. The number of hydrogen-bond donors (Lipinski definition) is 0. The third kappa shape index (κ3) is 2.89. The first-order chi connectivity index (χ1) is 6.25. The van der Waals surface area contributed by atoms with Crippen LogP contribution in [0.4, 0.5) is 5.69 Å². The second-order valence-electron chi connectivity index (χ2n) is 2.07. The first-order valence-electron chi connectivity index (χ1n) is 3.64. The molecular weight excluding hydrogens is 208 g/mol. The van der Waals surface area contributed by atoms with E-state index in [4.69, 9.17) is 0 Å². The maximum atomic E-state index is 10.5. The largest absolute Gasteiger partial charge is 0.302 e. The monoisotopic (exact) mass is 216 g/mol. The summed E-state index contributed by atoms with van der Waals surface area (Å²) in [4.78, 5) is 14.1. The van der Waals surface area contributed by atoms with Crippen molar-refractivity contribution in [3.63, 3.8) is 0 Å². The number of rotatable bonds is 4. The molecule has 0 saturated heterocycles. The van der Waals surface area contributed by atoms with Crippen molar-refractivity contribution in [1.82, 2.24) is 4.98 Å². The average Bonchev–Trinajstić information content (AvgIpc) is 2.15. The Morgan fingerprint density at radius 3 is 3.08 bits per heavy atom. The lowest BCUT2D eigenvalue weighted by molar-refractivity contribution is -0.388. The predicted molar refractivity (Wildman–Crippen MR) is 54.9 cm³/mol. The molecule has 6 heteroatoms. The summed E-state index contributed by atoms with van der Waals surface area (Å²) in [5, 5.41) is 11.0. The van der Waals surface area contributed by atoms with Gasteiger partial charge in [-0.1, -0.05) is 17.7 Å². The molecule has 13 heavy (non-hydrogen) atoms. The first kappa shape index (κ1) is 10.3. The van der Waals surface area contributed by atoms with E-state index in [0.717, 1.165) is 5.75 Å². The van der Waals surface area contributed by atoms with E-state index < -0.39 is 4.92 Å². The minimum Gasteiger partial charge on any atom is -0.258 e. The van der Waals surface area contributed by atoms with Crippen molar-refractivity contribution in [2.24, 2.45) is 0 Å². The molecule has 0 aliphatic carbocycles. The van der Waals surface area contributed by atoms with Crippen LogP contribution in [0, 0.1) is 10.1 Å².